The predicted octanol–water partition coefficient (Wildman–Crippen LogP) is 1.99. The third-order valence-electron chi connectivity index (χ3n) is 1.64. The molecule has 82 valence electrons. The lowest BCUT2D eigenvalue weighted by atomic mass is 10.2. The number of alkyl halides is 2. The van der Waals surface area contributed by atoms with E-state index in [9.17, 15) is 13.6 Å². The molecule has 1 aromatic carbocycles. The van der Waals surface area contributed by atoms with Crippen molar-refractivity contribution in [2.75, 3.05) is 7.11 Å². The number of ether oxygens (including phenoxy) is 2. The molecule has 15 heavy (non-hydrogen) atoms. The molecule has 1 aromatic rings. The Labute approximate surface area is 84.0 Å². The first-order valence-corrected chi connectivity index (χ1v) is 3.91. The molecule has 0 aromatic heterocycles. The summed E-state index contributed by atoms with van der Waals surface area (Å²) in [4.78, 5) is 10.7. The molecule has 0 unspecified atom stereocenters. The quantitative estimate of drug-likeness (QED) is 0.839. The Balaban J connectivity index is 3.20. The fraction of sp³-hybridized carbons (Fsp3) is 0.222. The second-order valence-corrected chi connectivity index (χ2v) is 2.52. The Bertz CT molecular complexity index is 365. The van der Waals surface area contributed by atoms with Gasteiger partial charge in [-0.2, -0.15) is 8.78 Å². The van der Waals surface area contributed by atoms with Gasteiger partial charge >= 0.3 is 12.6 Å². The summed E-state index contributed by atoms with van der Waals surface area (Å²) in [7, 11) is 1.24. The van der Waals surface area contributed by atoms with Gasteiger partial charge in [0.05, 0.1) is 7.11 Å². The van der Waals surface area contributed by atoms with Gasteiger partial charge in [0.15, 0.2) is 11.5 Å². The predicted molar refractivity (Wildman–Crippen MR) is 46.6 cm³/mol. The van der Waals surface area contributed by atoms with Gasteiger partial charge in [-0.3, -0.25) is 0 Å². The first kappa shape index (κ1) is 11.2. The van der Waals surface area contributed by atoms with Crippen LogP contribution in [0.5, 0.6) is 11.5 Å². The molecular weight excluding hydrogens is 210 g/mol. The van der Waals surface area contributed by atoms with Crippen LogP contribution in [0.2, 0.25) is 0 Å². The van der Waals surface area contributed by atoms with Crippen LogP contribution in [0, 0.1) is 0 Å². The third kappa shape index (κ3) is 2.55. The van der Waals surface area contributed by atoms with Crippen LogP contribution in [0.1, 0.15) is 10.4 Å². The van der Waals surface area contributed by atoms with E-state index >= 15 is 0 Å². The van der Waals surface area contributed by atoms with E-state index in [0.29, 0.717) is 0 Å². The molecule has 0 heterocycles. The van der Waals surface area contributed by atoms with Crippen molar-refractivity contribution in [1.82, 2.24) is 0 Å². The number of benzene rings is 1. The van der Waals surface area contributed by atoms with Gasteiger partial charge < -0.3 is 14.6 Å². The zero-order valence-electron chi connectivity index (χ0n) is 7.74. The molecule has 0 saturated carbocycles. The summed E-state index contributed by atoms with van der Waals surface area (Å²) in [5.74, 6) is -1.87. The van der Waals surface area contributed by atoms with Crippen molar-refractivity contribution in [2.45, 2.75) is 6.61 Å². The summed E-state index contributed by atoms with van der Waals surface area (Å²) >= 11 is 0. The van der Waals surface area contributed by atoms with Gasteiger partial charge in [0, 0.05) is 0 Å². The first-order chi connectivity index (χ1) is 7.06. The van der Waals surface area contributed by atoms with Crippen molar-refractivity contribution >= 4 is 5.97 Å². The Morgan fingerprint density at radius 1 is 1.47 bits per heavy atom. The maximum Gasteiger partial charge on any atom is 0.387 e. The number of hydrogen-bond donors (Lipinski definition) is 1. The van der Waals surface area contributed by atoms with Crippen LogP contribution in [0.4, 0.5) is 8.78 Å². The van der Waals surface area contributed by atoms with Crippen LogP contribution in [0.3, 0.4) is 0 Å². The smallest absolute Gasteiger partial charge is 0.387 e. The van der Waals surface area contributed by atoms with Crippen LogP contribution in [0.15, 0.2) is 18.2 Å². The number of carbonyl (C=O) groups is 1. The van der Waals surface area contributed by atoms with E-state index in [1.54, 1.807) is 0 Å². The SMILES string of the molecule is COc1cccc(C(=O)O)c1OC(F)F. The van der Waals surface area contributed by atoms with Gasteiger partial charge in [-0.05, 0) is 12.1 Å². The van der Waals surface area contributed by atoms with Crippen LogP contribution in [-0.2, 0) is 0 Å². The summed E-state index contributed by atoms with van der Waals surface area (Å²) in [5, 5.41) is 8.72. The number of para-hydroxylation sites is 1. The van der Waals surface area contributed by atoms with Gasteiger partial charge in [0.1, 0.15) is 5.56 Å². The van der Waals surface area contributed by atoms with E-state index in [0.717, 1.165) is 6.07 Å². The average molecular weight is 218 g/mol. The van der Waals surface area contributed by atoms with Gasteiger partial charge in [0.25, 0.3) is 0 Å². The van der Waals surface area contributed by atoms with Crippen molar-refractivity contribution in [1.29, 1.82) is 0 Å². The van der Waals surface area contributed by atoms with E-state index in [1.807, 2.05) is 0 Å². The summed E-state index contributed by atoms with van der Waals surface area (Å²) in [6.07, 6.45) is 0. The monoisotopic (exact) mass is 218 g/mol. The summed E-state index contributed by atoms with van der Waals surface area (Å²) < 4.78 is 32.8. The van der Waals surface area contributed by atoms with Crippen LogP contribution < -0.4 is 9.47 Å². The molecule has 0 aliphatic carbocycles. The molecule has 1 rings (SSSR count). The molecular formula is C9H8F2O4. The molecule has 1 N–H and O–H groups in total. The van der Waals surface area contributed by atoms with E-state index in [-0.39, 0.29) is 11.3 Å². The fourth-order valence-corrected chi connectivity index (χ4v) is 1.06. The molecule has 0 fully saturated rings. The molecule has 0 saturated heterocycles. The van der Waals surface area contributed by atoms with Crippen LogP contribution in [-0.4, -0.2) is 24.8 Å². The summed E-state index contributed by atoms with van der Waals surface area (Å²) in [6, 6.07) is 3.87. The lowest BCUT2D eigenvalue weighted by Crippen LogP contribution is -2.08. The minimum Gasteiger partial charge on any atom is -0.493 e. The minimum absolute atomic E-state index is 0.0461. The zero-order chi connectivity index (χ0) is 11.4. The maximum atomic E-state index is 12.0. The highest BCUT2D eigenvalue weighted by Crippen LogP contribution is 2.32. The van der Waals surface area contributed by atoms with Gasteiger partial charge in [0.2, 0.25) is 0 Å². The van der Waals surface area contributed by atoms with Gasteiger partial charge in [-0.15, -0.1) is 0 Å². The lowest BCUT2D eigenvalue weighted by Gasteiger charge is -2.11. The van der Waals surface area contributed by atoms with E-state index in [1.165, 1.54) is 19.2 Å². The Kier molecular flexibility index (Phi) is 3.43. The summed E-state index contributed by atoms with van der Waals surface area (Å²) in [5.41, 5.74) is -0.366. The normalized spacial score (nSPS) is 10.1. The number of carboxylic acids is 1. The van der Waals surface area contributed by atoms with Gasteiger partial charge in [-0.1, -0.05) is 6.07 Å². The van der Waals surface area contributed by atoms with Crippen LogP contribution in [0.25, 0.3) is 0 Å². The number of hydrogen-bond acceptors (Lipinski definition) is 3. The lowest BCUT2D eigenvalue weighted by molar-refractivity contribution is -0.0517. The number of halogens is 2. The maximum absolute atomic E-state index is 12.0. The number of carboxylic acid groups (broad SMARTS) is 1. The molecule has 4 nitrogen and oxygen atoms in total. The average Bonchev–Trinajstić information content (AvgIpc) is 2.16. The second-order valence-electron chi connectivity index (χ2n) is 2.52. The highest BCUT2D eigenvalue weighted by atomic mass is 19.3. The molecule has 0 radical (unpaired) electrons. The molecule has 0 spiro atoms. The van der Waals surface area contributed by atoms with Crippen molar-refractivity contribution in [2.24, 2.45) is 0 Å². The van der Waals surface area contributed by atoms with Crippen LogP contribution >= 0.6 is 0 Å². The third-order valence-corrected chi connectivity index (χ3v) is 1.64. The molecule has 0 bridgehead atoms. The van der Waals surface area contributed by atoms with Crippen molar-refractivity contribution in [3.63, 3.8) is 0 Å². The van der Waals surface area contributed by atoms with Crippen molar-refractivity contribution in [3.8, 4) is 11.5 Å². The Morgan fingerprint density at radius 3 is 2.60 bits per heavy atom. The highest BCUT2D eigenvalue weighted by Gasteiger charge is 2.19. The summed E-state index contributed by atoms with van der Waals surface area (Å²) in [6.45, 7) is -3.10. The van der Waals surface area contributed by atoms with Gasteiger partial charge in [-0.25, -0.2) is 4.79 Å². The van der Waals surface area contributed by atoms with E-state index in [4.69, 9.17) is 9.84 Å². The van der Waals surface area contributed by atoms with Crippen molar-refractivity contribution < 1.29 is 28.2 Å². The Morgan fingerprint density at radius 2 is 2.13 bits per heavy atom. The topological polar surface area (TPSA) is 55.8 Å². The number of aromatic carboxylic acids is 1. The van der Waals surface area contributed by atoms with E-state index in [2.05, 4.69) is 4.74 Å². The Hall–Kier alpha value is -1.85. The fourth-order valence-electron chi connectivity index (χ4n) is 1.06. The molecule has 0 amide bonds. The second kappa shape index (κ2) is 4.59. The first-order valence-electron chi connectivity index (χ1n) is 3.91. The zero-order valence-corrected chi connectivity index (χ0v) is 7.74. The van der Waals surface area contributed by atoms with Crippen molar-refractivity contribution in [3.05, 3.63) is 23.8 Å². The number of methoxy groups -OCH3 is 1. The highest BCUT2D eigenvalue weighted by molar-refractivity contribution is 5.92. The molecule has 0 aliphatic heterocycles. The number of rotatable bonds is 4. The molecule has 0 aliphatic rings. The van der Waals surface area contributed by atoms with E-state index < -0.39 is 18.3 Å². The standard InChI is InChI=1S/C9H8F2O4/c1-14-6-4-2-3-5(8(12)13)7(6)15-9(10)11/h2-4,9H,1H3,(H,12,13). The largest absolute Gasteiger partial charge is 0.493 e. The molecule has 0 atom stereocenters. The molecule has 6 heteroatoms. The minimum atomic E-state index is -3.10.